The molecule has 0 saturated carbocycles. The number of amides is 1. The van der Waals surface area contributed by atoms with Gasteiger partial charge in [0.05, 0.1) is 17.1 Å². The topological polar surface area (TPSA) is 105 Å². The second-order valence-corrected chi connectivity index (χ2v) is 8.48. The van der Waals surface area contributed by atoms with Crippen LogP contribution in [0.3, 0.4) is 0 Å². The Morgan fingerprint density at radius 1 is 1.32 bits per heavy atom. The Hall–Kier alpha value is -2.10. The van der Waals surface area contributed by atoms with Crippen LogP contribution < -0.4 is 10.5 Å². The Labute approximate surface area is 165 Å². The first-order valence-electron chi connectivity index (χ1n) is 9.30. The molecule has 0 aliphatic rings. The molecule has 3 N–H and O–H groups in total. The average Bonchev–Trinajstić information content (AvgIpc) is 2.65. The molecule has 1 aromatic carbocycles. The van der Waals surface area contributed by atoms with Crippen LogP contribution in [0.1, 0.15) is 33.6 Å². The van der Waals surface area contributed by atoms with Crippen LogP contribution in [-0.2, 0) is 14.8 Å². The van der Waals surface area contributed by atoms with Crippen LogP contribution in [-0.4, -0.2) is 49.4 Å². The predicted octanol–water partition coefficient (Wildman–Crippen LogP) is 2.02. The second kappa shape index (κ2) is 9.40. The van der Waals surface area contributed by atoms with E-state index in [-0.39, 0.29) is 22.7 Å². The molecule has 1 aromatic heterocycles. The van der Waals surface area contributed by atoms with Gasteiger partial charge in [-0.1, -0.05) is 26.0 Å². The van der Waals surface area contributed by atoms with Crippen LogP contribution in [0, 0.1) is 5.82 Å². The number of nitrogens with two attached hydrogens (primary N) is 1. The number of fused-ring (bicyclic) bond motifs is 1. The minimum atomic E-state index is -4.01. The minimum Gasteiger partial charge on any atom is -0.340 e. The maximum absolute atomic E-state index is 14.2. The third kappa shape index (κ3) is 5.03. The number of hydrogen-bond acceptors (Lipinski definition) is 5. The van der Waals surface area contributed by atoms with Crippen molar-refractivity contribution in [3.05, 3.63) is 36.4 Å². The van der Waals surface area contributed by atoms with E-state index in [4.69, 9.17) is 5.73 Å². The molecular formula is C19H27FN4O3S. The molecule has 0 aliphatic carbocycles. The number of benzene rings is 1. The molecule has 2 aromatic rings. The third-order valence-corrected chi connectivity index (χ3v) is 6.03. The zero-order chi connectivity index (χ0) is 20.9. The average molecular weight is 411 g/mol. The summed E-state index contributed by atoms with van der Waals surface area (Å²) in [4.78, 5) is 17.6. The van der Waals surface area contributed by atoms with Crippen molar-refractivity contribution in [3.8, 4) is 0 Å². The molecule has 0 fully saturated rings. The zero-order valence-electron chi connectivity index (χ0n) is 16.4. The lowest BCUT2D eigenvalue weighted by Gasteiger charge is -2.28. The maximum atomic E-state index is 14.2. The van der Waals surface area contributed by atoms with Gasteiger partial charge in [-0.15, -0.1) is 0 Å². The van der Waals surface area contributed by atoms with E-state index in [1.807, 2.05) is 13.8 Å². The van der Waals surface area contributed by atoms with Crippen molar-refractivity contribution in [2.75, 3.05) is 13.1 Å². The van der Waals surface area contributed by atoms with Gasteiger partial charge in [-0.2, -0.15) is 0 Å². The first-order valence-corrected chi connectivity index (χ1v) is 10.8. The fraction of sp³-hybridized carbons (Fsp3) is 0.474. The molecule has 0 radical (unpaired) electrons. The lowest BCUT2D eigenvalue weighted by atomic mass is 10.2. The van der Waals surface area contributed by atoms with Crippen LogP contribution in [0.4, 0.5) is 4.39 Å². The summed E-state index contributed by atoms with van der Waals surface area (Å²) in [5, 5.41) is 0.388. The molecule has 0 saturated heterocycles. The highest BCUT2D eigenvalue weighted by molar-refractivity contribution is 7.89. The summed E-state index contributed by atoms with van der Waals surface area (Å²) in [5.41, 5.74) is 5.84. The van der Waals surface area contributed by atoms with Gasteiger partial charge in [0.25, 0.3) is 0 Å². The van der Waals surface area contributed by atoms with Crippen molar-refractivity contribution in [1.29, 1.82) is 0 Å². The van der Waals surface area contributed by atoms with Crippen molar-refractivity contribution < 1.29 is 17.6 Å². The summed E-state index contributed by atoms with van der Waals surface area (Å²) in [6, 6.07) is 3.29. The van der Waals surface area contributed by atoms with Crippen molar-refractivity contribution in [3.63, 3.8) is 0 Å². The van der Waals surface area contributed by atoms with Crippen LogP contribution in [0.5, 0.6) is 0 Å². The smallest absolute Gasteiger partial charge is 0.241 e. The number of aromatic nitrogens is 1. The summed E-state index contributed by atoms with van der Waals surface area (Å²) in [5.74, 6) is -0.916. The van der Waals surface area contributed by atoms with E-state index in [0.717, 1.165) is 12.6 Å². The molecule has 28 heavy (non-hydrogen) atoms. The molecular weight excluding hydrogens is 383 g/mol. The summed E-state index contributed by atoms with van der Waals surface area (Å²) in [6.45, 7) is 6.07. The molecule has 154 valence electrons. The van der Waals surface area contributed by atoms with Crippen LogP contribution in [0.2, 0.25) is 0 Å². The number of nitrogens with zero attached hydrogens (tertiary/aromatic N) is 2. The number of hydrogen-bond donors (Lipinski definition) is 2. The monoisotopic (exact) mass is 410 g/mol. The zero-order valence-corrected chi connectivity index (χ0v) is 17.2. The molecule has 9 heteroatoms. The van der Waals surface area contributed by atoms with Gasteiger partial charge in [-0.05, 0) is 25.8 Å². The molecule has 2 atom stereocenters. The summed E-state index contributed by atoms with van der Waals surface area (Å²) < 4.78 is 42.5. The normalized spacial score (nSPS) is 14.0. The van der Waals surface area contributed by atoms with E-state index < -0.39 is 27.9 Å². The highest BCUT2D eigenvalue weighted by Gasteiger charge is 2.25. The molecule has 2 rings (SSSR count). The molecule has 0 aliphatic heterocycles. The van der Waals surface area contributed by atoms with Gasteiger partial charge in [0.15, 0.2) is 5.82 Å². The van der Waals surface area contributed by atoms with Crippen molar-refractivity contribution >= 4 is 26.7 Å². The first kappa shape index (κ1) is 22.2. The molecule has 1 heterocycles. The number of carbonyl (C=O) groups excluding carboxylic acids is 1. The Kier molecular flexibility index (Phi) is 7.45. The van der Waals surface area contributed by atoms with Crippen molar-refractivity contribution in [2.45, 2.75) is 50.6 Å². The van der Waals surface area contributed by atoms with E-state index in [2.05, 4.69) is 9.71 Å². The number of carbonyl (C=O) groups is 1. The number of sulfonamides is 1. The molecule has 1 amide bonds. The van der Waals surface area contributed by atoms with Gasteiger partial charge < -0.3 is 10.6 Å². The standard InChI is InChI=1S/C19H27FN4O3S/c1-4-9-24(19(25)16(21)5-2)12-13(3)23-28(26,27)17-8-6-7-14-10-22-11-15(20)18(14)17/h6-8,10-11,13,16,23H,4-5,9,12,21H2,1-3H3/t13-,16+/m0/s1. The Balaban J connectivity index is 2.25. The molecule has 0 spiro atoms. The summed E-state index contributed by atoms with van der Waals surface area (Å²) in [7, 11) is -4.01. The number of pyridine rings is 1. The van der Waals surface area contributed by atoms with Gasteiger partial charge in [-0.25, -0.2) is 17.5 Å². The lowest BCUT2D eigenvalue weighted by Crippen LogP contribution is -2.49. The predicted molar refractivity (Wildman–Crippen MR) is 107 cm³/mol. The quantitative estimate of drug-likeness (QED) is 0.658. The van der Waals surface area contributed by atoms with Gasteiger partial charge >= 0.3 is 0 Å². The van der Waals surface area contributed by atoms with Gasteiger partial charge in [0.1, 0.15) is 0 Å². The molecule has 7 nitrogen and oxygen atoms in total. The first-order chi connectivity index (χ1) is 13.2. The summed E-state index contributed by atoms with van der Waals surface area (Å²) >= 11 is 0. The van der Waals surface area contributed by atoms with Crippen molar-refractivity contribution in [2.24, 2.45) is 5.73 Å². The van der Waals surface area contributed by atoms with E-state index in [1.165, 1.54) is 18.3 Å². The highest BCUT2D eigenvalue weighted by Crippen LogP contribution is 2.25. The van der Waals surface area contributed by atoms with Crippen molar-refractivity contribution in [1.82, 2.24) is 14.6 Å². The Morgan fingerprint density at radius 2 is 2.04 bits per heavy atom. The second-order valence-electron chi connectivity index (χ2n) is 6.80. The number of rotatable bonds is 9. The maximum Gasteiger partial charge on any atom is 0.241 e. The van der Waals surface area contributed by atoms with E-state index in [0.29, 0.717) is 18.4 Å². The number of nitrogens with one attached hydrogen (secondary N) is 1. The summed E-state index contributed by atoms with van der Waals surface area (Å²) in [6.07, 6.45) is 3.62. The van der Waals surface area contributed by atoms with Crippen LogP contribution in [0.25, 0.3) is 10.8 Å². The fourth-order valence-corrected chi connectivity index (χ4v) is 4.52. The van der Waals surface area contributed by atoms with E-state index in [1.54, 1.807) is 17.9 Å². The van der Waals surface area contributed by atoms with E-state index >= 15 is 0 Å². The largest absolute Gasteiger partial charge is 0.340 e. The molecule has 0 bridgehead atoms. The lowest BCUT2D eigenvalue weighted by molar-refractivity contribution is -0.133. The van der Waals surface area contributed by atoms with E-state index in [9.17, 15) is 17.6 Å². The van der Waals surface area contributed by atoms with Gasteiger partial charge in [0.2, 0.25) is 15.9 Å². The SMILES string of the molecule is CCCN(C[C@H](C)NS(=O)(=O)c1cccc2cncc(F)c12)C(=O)[C@H](N)CC. The Morgan fingerprint density at radius 3 is 2.68 bits per heavy atom. The molecule has 0 unspecified atom stereocenters. The third-order valence-electron chi connectivity index (χ3n) is 4.40. The fourth-order valence-electron chi connectivity index (χ4n) is 3.05. The Bertz CT molecular complexity index is 931. The van der Waals surface area contributed by atoms with Crippen LogP contribution >= 0.6 is 0 Å². The van der Waals surface area contributed by atoms with Crippen LogP contribution in [0.15, 0.2) is 35.5 Å². The highest BCUT2D eigenvalue weighted by atomic mass is 32.2. The minimum absolute atomic E-state index is 0.00769. The van der Waals surface area contributed by atoms with Gasteiger partial charge in [0, 0.05) is 36.1 Å². The number of halogens is 1. The van der Waals surface area contributed by atoms with Gasteiger partial charge in [-0.3, -0.25) is 9.78 Å².